The Balaban J connectivity index is 2.53. The molecule has 0 aliphatic rings. The van der Waals surface area contributed by atoms with Crippen LogP contribution in [-0.2, 0) is 0 Å². The van der Waals surface area contributed by atoms with Gasteiger partial charge in [0.25, 0.3) is 0 Å². The topological polar surface area (TPSA) is 20.2 Å². The van der Waals surface area contributed by atoms with Crippen molar-refractivity contribution >= 4 is 11.3 Å². The summed E-state index contributed by atoms with van der Waals surface area (Å²) in [6.45, 7) is 0. The predicted octanol–water partition coefficient (Wildman–Crippen LogP) is 3.26. The first-order valence-corrected chi connectivity index (χ1v) is 4.68. The van der Waals surface area contributed by atoms with Crippen LogP contribution in [0.15, 0.2) is 35.7 Å². The fourth-order valence-electron chi connectivity index (χ4n) is 1.14. The van der Waals surface area contributed by atoms with Gasteiger partial charge in [0, 0.05) is 16.5 Å². The van der Waals surface area contributed by atoms with Gasteiger partial charge in [0.05, 0.1) is 0 Å². The lowest BCUT2D eigenvalue weighted by atomic mass is 10.1. The number of thiophene rings is 1. The third-order valence-electron chi connectivity index (χ3n) is 1.75. The van der Waals surface area contributed by atoms with Crippen LogP contribution >= 0.6 is 11.3 Å². The van der Waals surface area contributed by atoms with Gasteiger partial charge in [-0.05, 0) is 23.6 Å². The fraction of sp³-hybridized carbons (Fsp3) is 0. The Kier molecular flexibility index (Phi) is 2.02. The van der Waals surface area contributed by atoms with Gasteiger partial charge in [-0.25, -0.2) is 4.39 Å². The molecule has 0 saturated heterocycles. The number of halogens is 1. The van der Waals surface area contributed by atoms with E-state index in [0.29, 0.717) is 5.56 Å². The molecule has 1 heterocycles. The van der Waals surface area contributed by atoms with E-state index in [1.54, 1.807) is 6.07 Å². The summed E-state index contributed by atoms with van der Waals surface area (Å²) in [6, 6.07) is 7.82. The van der Waals surface area contributed by atoms with E-state index >= 15 is 0 Å². The largest absolute Gasteiger partial charge is 0.507 e. The van der Waals surface area contributed by atoms with E-state index in [0.717, 1.165) is 10.9 Å². The van der Waals surface area contributed by atoms with Crippen molar-refractivity contribution in [2.75, 3.05) is 0 Å². The Morgan fingerprint density at radius 1 is 1.23 bits per heavy atom. The van der Waals surface area contributed by atoms with Crippen LogP contribution in [0.3, 0.4) is 0 Å². The van der Waals surface area contributed by atoms with E-state index in [1.807, 2.05) is 17.5 Å². The molecule has 0 aliphatic carbocycles. The maximum absolute atomic E-state index is 12.6. The van der Waals surface area contributed by atoms with Crippen molar-refractivity contribution in [1.82, 2.24) is 0 Å². The lowest BCUT2D eigenvalue weighted by Gasteiger charge is -2.00. The molecule has 13 heavy (non-hydrogen) atoms. The number of benzene rings is 1. The molecule has 3 heteroatoms. The predicted molar refractivity (Wildman–Crippen MR) is 51.4 cm³/mol. The zero-order valence-corrected chi connectivity index (χ0v) is 7.51. The van der Waals surface area contributed by atoms with Crippen molar-refractivity contribution in [3.05, 3.63) is 41.5 Å². The van der Waals surface area contributed by atoms with E-state index < -0.39 is 5.82 Å². The van der Waals surface area contributed by atoms with Crippen LogP contribution in [-0.4, -0.2) is 5.11 Å². The molecular formula is C10H7FOS. The monoisotopic (exact) mass is 194 g/mol. The number of aromatic hydroxyl groups is 1. The maximum atomic E-state index is 12.6. The van der Waals surface area contributed by atoms with Gasteiger partial charge in [-0.1, -0.05) is 6.07 Å². The minimum absolute atomic E-state index is 0.0116. The Morgan fingerprint density at radius 2 is 2.08 bits per heavy atom. The SMILES string of the molecule is Oc1cc(F)ccc1-c1cccs1. The van der Waals surface area contributed by atoms with Crippen molar-refractivity contribution in [3.63, 3.8) is 0 Å². The molecule has 0 saturated carbocycles. The summed E-state index contributed by atoms with van der Waals surface area (Å²) in [4.78, 5) is 0.942. The molecule has 0 atom stereocenters. The van der Waals surface area contributed by atoms with Crippen molar-refractivity contribution < 1.29 is 9.50 Å². The summed E-state index contributed by atoms with van der Waals surface area (Å²) in [6.07, 6.45) is 0. The van der Waals surface area contributed by atoms with Gasteiger partial charge in [0.15, 0.2) is 0 Å². The van der Waals surface area contributed by atoms with E-state index in [2.05, 4.69) is 0 Å². The molecule has 2 rings (SSSR count). The first kappa shape index (κ1) is 8.26. The normalized spacial score (nSPS) is 10.2. The summed E-state index contributed by atoms with van der Waals surface area (Å²) in [5.74, 6) is -0.430. The lowest BCUT2D eigenvalue weighted by molar-refractivity contribution is 0.471. The van der Waals surface area contributed by atoms with Gasteiger partial charge in [-0.3, -0.25) is 0 Å². The molecule has 0 unspecified atom stereocenters. The van der Waals surface area contributed by atoms with Crippen molar-refractivity contribution in [3.8, 4) is 16.2 Å². The van der Waals surface area contributed by atoms with Crippen LogP contribution in [0.4, 0.5) is 4.39 Å². The summed E-state index contributed by atoms with van der Waals surface area (Å²) in [5, 5.41) is 11.3. The number of hydrogen-bond acceptors (Lipinski definition) is 2. The highest BCUT2D eigenvalue weighted by molar-refractivity contribution is 7.13. The zero-order chi connectivity index (χ0) is 9.26. The third kappa shape index (κ3) is 1.55. The molecule has 0 fully saturated rings. The molecule has 0 spiro atoms. The molecule has 0 aliphatic heterocycles. The first-order valence-electron chi connectivity index (χ1n) is 3.80. The minimum atomic E-state index is -0.419. The zero-order valence-electron chi connectivity index (χ0n) is 6.70. The van der Waals surface area contributed by atoms with E-state index in [1.165, 1.54) is 17.4 Å². The van der Waals surface area contributed by atoms with Gasteiger partial charge >= 0.3 is 0 Å². The minimum Gasteiger partial charge on any atom is -0.507 e. The maximum Gasteiger partial charge on any atom is 0.127 e. The second-order valence-electron chi connectivity index (χ2n) is 2.64. The summed E-state index contributed by atoms with van der Waals surface area (Å²) in [7, 11) is 0. The molecule has 0 radical (unpaired) electrons. The van der Waals surface area contributed by atoms with Gasteiger partial charge in [0.2, 0.25) is 0 Å². The molecule has 2 aromatic rings. The van der Waals surface area contributed by atoms with E-state index in [-0.39, 0.29) is 5.75 Å². The lowest BCUT2D eigenvalue weighted by Crippen LogP contribution is -1.77. The molecular weight excluding hydrogens is 187 g/mol. The summed E-state index contributed by atoms with van der Waals surface area (Å²) < 4.78 is 12.6. The summed E-state index contributed by atoms with van der Waals surface area (Å²) >= 11 is 1.51. The number of hydrogen-bond donors (Lipinski definition) is 1. The van der Waals surface area contributed by atoms with Crippen molar-refractivity contribution in [1.29, 1.82) is 0 Å². The number of phenols is 1. The Hall–Kier alpha value is -1.35. The first-order chi connectivity index (χ1) is 6.27. The highest BCUT2D eigenvalue weighted by Gasteiger charge is 2.05. The quantitative estimate of drug-likeness (QED) is 0.738. The molecule has 1 nitrogen and oxygen atoms in total. The van der Waals surface area contributed by atoms with Gasteiger partial charge in [-0.15, -0.1) is 11.3 Å². The molecule has 1 aromatic carbocycles. The van der Waals surface area contributed by atoms with E-state index in [4.69, 9.17) is 0 Å². The smallest absolute Gasteiger partial charge is 0.127 e. The highest BCUT2D eigenvalue weighted by atomic mass is 32.1. The van der Waals surface area contributed by atoms with Gasteiger partial charge in [0.1, 0.15) is 11.6 Å². The highest BCUT2D eigenvalue weighted by Crippen LogP contribution is 2.32. The van der Waals surface area contributed by atoms with Crippen LogP contribution in [0.1, 0.15) is 0 Å². The molecule has 0 bridgehead atoms. The third-order valence-corrected chi connectivity index (χ3v) is 2.65. The fourth-order valence-corrected chi connectivity index (χ4v) is 1.91. The Bertz CT molecular complexity index is 409. The van der Waals surface area contributed by atoms with Crippen LogP contribution < -0.4 is 0 Å². The van der Waals surface area contributed by atoms with E-state index in [9.17, 15) is 9.50 Å². The average Bonchev–Trinajstić information content (AvgIpc) is 2.56. The Labute approximate surface area is 79.1 Å². The summed E-state index contributed by atoms with van der Waals surface area (Å²) in [5.41, 5.74) is 0.677. The van der Waals surface area contributed by atoms with Crippen LogP contribution in [0, 0.1) is 5.82 Å². The Morgan fingerprint density at radius 3 is 2.69 bits per heavy atom. The van der Waals surface area contributed by atoms with Crippen LogP contribution in [0.5, 0.6) is 5.75 Å². The number of phenolic OH excluding ortho intramolecular Hbond substituents is 1. The average molecular weight is 194 g/mol. The van der Waals surface area contributed by atoms with Crippen LogP contribution in [0.2, 0.25) is 0 Å². The van der Waals surface area contributed by atoms with Gasteiger partial charge in [-0.2, -0.15) is 0 Å². The molecule has 1 N–H and O–H groups in total. The molecule has 66 valence electrons. The van der Waals surface area contributed by atoms with Crippen LogP contribution in [0.25, 0.3) is 10.4 Å². The standard InChI is InChI=1S/C10H7FOS/c11-7-3-4-8(9(12)6-7)10-2-1-5-13-10/h1-6,12H. The second kappa shape index (κ2) is 3.18. The second-order valence-corrected chi connectivity index (χ2v) is 3.59. The molecule has 0 amide bonds. The van der Waals surface area contributed by atoms with Crippen molar-refractivity contribution in [2.24, 2.45) is 0 Å². The van der Waals surface area contributed by atoms with Gasteiger partial charge < -0.3 is 5.11 Å². The van der Waals surface area contributed by atoms with Crippen molar-refractivity contribution in [2.45, 2.75) is 0 Å². The molecule has 1 aromatic heterocycles. The number of rotatable bonds is 1.